The fourth-order valence-electron chi connectivity index (χ4n) is 0. The summed E-state index contributed by atoms with van der Waals surface area (Å²) in [4.78, 5) is 0. The molecule has 42 valence electrons. The highest BCUT2D eigenvalue weighted by Gasteiger charge is 2.14. The van der Waals surface area contributed by atoms with Crippen LogP contribution in [0.2, 0.25) is 0 Å². The van der Waals surface area contributed by atoms with Gasteiger partial charge in [-0.3, -0.25) is 0 Å². The van der Waals surface area contributed by atoms with Crippen molar-refractivity contribution in [1.29, 1.82) is 0 Å². The first kappa shape index (κ1) is 7.01. The Hall–Kier alpha value is 1.01. The first-order chi connectivity index (χ1) is 2.24. The Morgan fingerprint density at radius 1 is 1.33 bits per heavy atom. The van der Waals surface area contributed by atoms with Crippen LogP contribution in [-0.2, 0) is 0 Å². The van der Waals surface area contributed by atoms with Gasteiger partial charge in [0.15, 0.2) is 0 Å². The number of hydrogen-bond acceptors (Lipinski definition) is 0. The molecule has 0 aliphatic rings. The Kier molecular flexibility index (Phi) is 1.45. The molecule has 0 atom stereocenters. The summed E-state index contributed by atoms with van der Waals surface area (Å²) in [5.41, 5.74) is 0. The number of hydrogen-bond donors (Lipinski definition) is 1. The third kappa shape index (κ3) is 79.0. The van der Waals surface area contributed by atoms with Gasteiger partial charge in [-0.2, -0.15) is 0 Å². The molecule has 0 heterocycles. The molecule has 0 bridgehead atoms. The molecular weight excluding hydrogens is 214 g/mol. The van der Waals surface area contributed by atoms with Crippen LogP contribution in [0.3, 0.4) is 0 Å². The summed E-state index contributed by atoms with van der Waals surface area (Å²) in [6, 6.07) is 0. The molecule has 0 radical (unpaired) electrons. The van der Waals surface area contributed by atoms with Crippen LogP contribution < -0.4 is 0 Å². The van der Waals surface area contributed by atoms with Gasteiger partial charge in [-0.1, -0.05) is 0 Å². The molecule has 0 amide bonds. The minimum Gasteiger partial charge on any atom is -0.202 e. The van der Waals surface area contributed by atoms with Gasteiger partial charge in [0.1, 0.15) is 0 Å². The van der Waals surface area contributed by atoms with Crippen molar-refractivity contribution in [2.45, 2.75) is 0 Å². The van der Waals surface area contributed by atoms with E-state index in [0.717, 1.165) is 0 Å². The smallest absolute Gasteiger partial charge is 0.0170 e. The third-order valence-corrected chi connectivity index (χ3v) is 0. The zero-order valence-electron chi connectivity index (χ0n) is 4.20. The van der Waals surface area contributed by atoms with Crippen molar-refractivity contribution in [2.75, 3.05) is 18.8 Å². The summed E-state index contributed by atoms with van der Waals surface area (Å²) in [6.07, 6.45) is 4.98. The van der Waals surface area contributed by atoms with E-state index >= 15 is 0 Å². The summed E-state index contributed by atoms with van der Waals surface area (Å²) in [6.45, 7) is -2.58. The van der Waals surface area contributed by atoms with E-state index in [0.29, 0.717) is 0 Å². The average molecular weight is 224 g/mol. The summed E-state index contributed by atoms with van der Waals surface area (Å²) < 4.78 is 12.5. The topological polar surface area (TPSA) is 0 Å². The maximum Gasteiger partial charge on any atom is -0.0170 e. The fourth-order valence-corrected chi connectivity index (χ4v) is 0. The van der Waals surface area contributed by atoms with Gasteiger partial charge in [-0.15, -0.1) is 6.72 Å². The van der Waals surface area contributed by atoms with Crippen molar-refractivity contribution < 1.29 is 3.89 Å². The first-order valence-electron chi connectivity index (χ1n) is 1.68. The fraction of sp³-hybridized carbons (Fsp3) is 1.00. The number of rotatable bonds is 0. The molecule has 0 rings (SSSR count). The van der Waals surface area contributed by atoms with Gasteiger partial charge in [0.2, 0.25) is 0 Å². The van der Waals surface area contributed by atoms with E-state index in [-0.39, 0.29) is 0 Å². The van der Waals surface area contributed by atoms with Crippen LogP contribution in [-0.4, -0.2) is 18.8 Å². The second-order valence-electron chi connectivity index (χ2n) is 2.42. The molecule has 3 heteroatoms. The minimum absolute atomic E-state index is 1.66. The lowest BCUT2D eigenvalue weighted by Crippen LogP contribution is -1.90. The van der Waals surface area contributed by atoms with Crippen LogP contribution in [0.5, 0.6) is 0 Å². The third-order valence-electron chi connectivity index (χ3n) is 0. The predicted octanol–water partition coefficient (Wildman–Crippen LogP) is 2.18. The standard InChI is InChI=1S/C3H10FIS/c1-6(2,3,4)5/h6H,1-3H3. The van der Waals surface area contributed by atoms with E-state index in [1.165, 1.54) is 0 Å². The van der Waals surface area contributed by atoms with Gasteiger partial charge >= 0.3 is 0 Å². The van der Waals surface area contributed by atoms with E-state index in [4.69, 9.17) is 0 Å². The normalized spacial score (nSPS) is 19.2. The zero-order chi connectivity index (χ0) is 5.45. The monoisotopic (exact) mass is 224 g/mol. The summed E-state index contributed by atoms with van der Waals surface area (Å²) in [7, 11) is 0. The van der Waals surface area contributed by atoms with Gasteiger partial charge in [0, 0.05) is 0 Å². The molecule has 0 aliphatic carbocycles. The largest absolute Gasteiger partial charge is 0.202 e. The quantitative estimate of drug-likeness (QED) is 0.473. The van der Waals surface area contributed by atoms with E-state index in [1.807, 2.05) is 21.2 Å². The zero-order valence-corrected chi connectivity index (χ0v) is 7.26. The lowest BCUT2D eigenvalue weighted by atomic mass is 11.9. The molecule has 0 saturated carbocycles. The van der Waals surface area contributed by atoms with E-state index < -0.39 is 6.72 Å². The molecule has 0 spiro atoms. The van der Waals surface area contributed by atoms with Crippen molar-refractivity contribution in [3.63, 3.8) is 0 Å². The molecule has 6 heavy (non-hydrogen) atoms. The van der Waals surface area contributed by atoms with E-state index in [2.05, 4.69) is 0 Å². The van der Waals surface area contributed by atoms with Gasteiger partial charge < -0.3 is 0 Å². The van der Waals surface area contributed by atoms with E-state index in [1.54, 1.807) is 18.8 Å². The molecule has 0 aliphatic heterocycles. The van der Waals surface area contributed by atoms with Gasteiger partial charge in [0.05, 0.1) is 0 Å². The van der Waals surface area contributed by atoms with Crippen LogP contribution in [0, 0.1) is 0 Å². The highest BCUT2D eigenvalue weighted by molar-refractivity contribution is 14.2. The lowest BCUT2D eigenvalue weighted by molar-refractivity contribution is 0.908. The average Bonchev–Trinajstić information content (AvgIpc) is 0.650. The van der Waals surface area contributed by atoms with Crippen LogP contribution >= 0.6 is 27.9 Å². The molecule has 0 nitrogen and oxygen atoms in total. The van der Waals surface area contributed by atoms with Crippen molar-refractivity contribution in [1.82, 2.24) is 0 Å². The molecule has 0 aromatic rings. The molecule has 0 N–H and O–H groups in total. The van der Waals surface area contributed by atoms with Gasteiger partial charge in [0.25, 0.3) is 0 Å². The van der Waals surface area contributed by atoms with Gasteiger partial charge in [-0.05, 0) is 40.0 Å². The Morgan fingerprint density at radius 2 is 1.33 bits per heavy atom. The molecule has 0 fully saturated rings. The second kappa shape index (κ2) is 1.24. The second-order valence-corrected chi connectivity index (χ2v) is 17.0. The Morgan fingerprint density at radius 3 is 1.33 bits per heavy atom. The Labute approximate surface area is 50.7 Å². The van der Waals surface area contributed by atoms with Crippen molar-refractivity contribution in [3.8, 4) is 0 Å². The summed E-state index contributed by atoms with van der Waals surface area (Å²) >= 11 is 1.88. The summed E-state index contributed by atoms with van der Waals surface area (Å²) in [5.74, 6) is 0. The maximum absolute atomic E-state index is 12.5. The molecule has 0 aromatic heterocycles. The summed E-state index contributed by atoms with van der Waals surface area (Å²) in [5, 5.41) is 0. The van der Waals surface area contributed by atoms with Crippen LogP contribution in [0.15, 0.2) is 0 Å². The molecule has 0 aromatic carbocycles. The molecule has 0 saturated heterocycles. The maximum atomic E-state index is 12.5. The predicted molar refractivity (Wildman–Crippen MR) is 41.9 cm³/mol. The van der Waals surface area contributed by atoms with Crippen molar-refractivity contribution in [2.24, 2.45) is 0 Å². The minimum atomic E-state index is -2.58. The van der Waals surface area contributed by atoms with Crippen molar-refractivity contribution in [3.05, 3.63) is 0 Å². The Balaban J connectivity index is 3.73. The number of thiol groups is 1. The lowest BCUT2D eigenvalue weighted by Gasteiger charge is -2.33. The van der Waals surface area contributed by atoms with Crippen LogP contribution in [0.4, 0.5) is 3.89 Å². The highest BCUT2D eigenvalue weighted by atomic mass is 127. The number of halogens is 2. The Bertz CT molecular complexity index is 44.0. The highest BCUT2D eigenvalue weighted by Crippen LogP contribution is 2.69. The first-order valence-corrected chi connectivity index (χ1v) is 7.93. The molecular formula is C3H10FIS. The SMILES string of the molecule is C[SH](C)(C)(F)I. The van der Waals surface area contributed by atoms with Crippen molar-refractivity contribution >= 4 is 27.9 Å². The van der Waals surface area contributed by atoms with Crippen LogP contribution in [0.25, 0.3) is 0 Å². The van der Waals surface area contributed by atoms with Gasteiger partial charge in [-0.25, -0.2) is 3.89 Å². The van der Waals surface area contributed by atoms with Crippen LogP contribution in [0.1, 0.15) is 0 Å². The van der Waals surface area contributed by atoms with E-state index in [9.17, 15) is 3.89 Å². The molecule has 0 unspecified atom stereocenters.